The minimum atomic E-state index is 0.126. The maximum absolute atomic E-state index is 2.26. The molecule has 0 heterocycles. The molecule has 0 aliphatic carbocycles. The quantitative estimate of drug-likeness (QED) is 0.610. The summed E-state index contributed by atoms with van der Waals surface area (Å²) in [5.41, 5.74) is 3.93. The first-order chi connectivity index (χ1) is 9.55. The number of allylic oxidation sites excluding steroid dienone is 2. The van der Waals surface area contributed by atoms with Gasteiger partial charge in [-0.1, -0.05) is 99.7 Å². The SMILES string of the molecule is CC(C)(C)C(C=Cc1ccccc1)=Cc1ccccc1. The van der Waals surface area contributed by atoms with E-state index in [0.29, 0.717) is 0 Å². The van der Waals surface area contributed by atoms with Crippen molar-refractivity contribution in [1.29, 1.82) is 0 Å². The van der Waals surface area contributed by atoms with E-state index in [0.717, 1.165) is 0 Å². The molecule has 102 valence electrons. The summed E-state index contributed by atoms with van der Waals surface area (Å²) in [6.45, 7) is 6.74. The van der Waals surface area contributed by atoms with Crippen LogP contribution in [0.1, 0.15) is 31.9 Å². The molecule has 0 fully saturated rings. The maximum atomic E-state index is 2.26. The minimum absolute atomic E-state index is 0.126. The second-order valence-electron chi connectivity index (χ2n) is 6.00. The number of benzene rings is 2. The van der Waals surface area contributed by atoms with Gasteiger partial charge in [0.2, 0.25) is 0 Å². The molecular weight excluding hydrogens is 240 g/mol. The highest BCUT2D eigenvalue weighted by atomic mass is 14.2. The third kappa shape index (κ3) is 4.24. The van der Waals surface area contributed by atoms with Gasteiger partial charge in [-0.25, -0.2) is 0 Å². The summed E-state index contributed by atoms with van der Waals surface area (Å²) in [6, 6.07) is 20.9. The lowest BCUT2D eigenvalue weighted by Crippen LogP contribution is -2.07. The fourth-order valence-electron chi connectivity index (χ4n) is 1.99. The van der Waals surface area contributed by atoms with E-state index >= 15 is 0 Å². The van der Waals surface area contributed by atoms with Crippen LogP contribution in [0.5, 0.6) is 0 Å². The first-order valence-electron chi connectivity index (χ1n) is 7.06. The van der Waals surface area contributed by atoms with Crippen molar-refractivity contribution in [1.82, 2.24) is 0 Å². The molecule has 0 radical (unpaired) electrons. The van der Waals surface area contributed by atoms with Gasteiger partial charge in [0.15, 0.2) is 0 Å². The van der Waals surface area contributed by atoms with Crippen LogP contribution < -0.4 is 0 Å². The summed E-state index contributed by atoms with van der Waals surface area (Å²) in [4.78, 5) is 0. The molecule has 0 unspecified atom stereocenters. The first-order valence-corrected chi connectivity index (χ1v) is 7.06. The zero-order chi connectivity index (χ0) is 14.4. The van der Waals surface area contributed by atoms with Crippen molar-refractivity contribution < 1.29 is 0 Å². The second kappa shape index (κ2) is 6.38. The molecule has 0 saturated carbocycles. The Hall–Kier alpha value is -2.08. The maximum Gasteiger partial charge on any atom is -0.0132 e. The van der Waals surface area contributed by atoms with Crippen LogP contribution in [0.15, 0.2) is 72.3 Å². The zero-order valence-corrected chi connectivity index (χ0v) is 12.5. The van der Waals surface area contributed by atoms with Gasteiger partial charge in [0.1, 0.15) is 0 Å². The number of rotatable bonds is 3. The first kappa shape index (κ1) is 14.3. The molecule has 0 aromatic heterocycles. The van der Waals surface area contributed by atoms with Gasteiger partial charge in [-0.2, -0.15) is 0 Å². The predicted molar refractivity (Wildman–Crippen MR) is 89.4 cm³/mol. The van der Waals surface area contributed by atoms with Crippen LogP contribution in [-0.4, -0.2) is 0 Å². The molecule has 2 aromatic rings. The van der Waals surface area contributed by atoms with Gasteiger partial charge in [-0.05, 0) is 22.1 Å². The van der Waals surface area contributed by atoms with Crippen molar-refractivity contribution in [2.75, 3.05) is 0 Å². The van der Waals surface area contributed by atoms with Crippen molar-refractivity contribution in [3.63, 3.8) is 0 Å². The summed E-state index contributed by atoms with van der Waals surface area (Å²) in [7, 11) is 0. The molecule has 20 heavy (non-hydrogen) atoms. The average molecular weight is 262 g/mol. The third-order valence-corrected chi connectivity index (χ3v) is 3.24. The van der Waals surface area contributed by atoms with Crippen molar-refractivity contribution in [2.45, 2.75) is 20.8 Å². The monoisotopic (exact) mass is 262 g/mol. The Morgan fingerprint density at radius 1 is 0.750 bits per heavy atom. The highest BCUT2D eigenvalue weighted by molar-refractivity contribution is 5.62. The highest BCUT2D eigenvalue weighted by Crippen LogP contribution is 2.29. The van der Waals surface area contributed by atoms with E-state index in [1.54, 1.807) is 0 Å². The van der Waals surface area contributed by atoms with Crippen LogP contribution in [0.3, 0.4) is 0 Å². The minimum Gasteiger partial charge on any atom is -0.0622 e. The van der Waals surface area contributed by atoms with Gasteiger partial charge in [-0.3, -0.25) is 0 Å². The Bertz CT molecular complexity index is 581. The van der Waals surface area contributed by atoms with Crippen LogP contribution in [0.4, 0.5) is 0 Å². The van der Waals surface area contributed by atoms with E-state index in [2.05, 4.69) is 87.5 Å². The molecule has 0 heteroatoms. The van der Waals surface area contributed by atoms with E-state index in [4.69, 9.17) is 0 Å². The molecular formula is C20H22. The Morgan fingerprint density at radius 3 is 1.75 bits per heavy atom. The Labute approximate surface area is 122 Å². The Kier molecular flexibility index (Phi) is 4.57. The summed E-state index contributed by atoms with van der Waals surface area (Å²) in [5.74, 6) is 0. The van der Waals surface area contributed by atoms with Crippen molar-refractivity contribution in [3.05, 3.63) is 83.4 Å². The van der Waals surface area contributed by atoms with Gasteiger partial charge < -0.3 is 0 Å². The zero-order valence-electron chi connectivity index (χ0n) is 12.5. The molecule has 2 rings (SSSR count). The topological polar surface area (TPSA) is 0 Å². The van der Waals surface area contributed by atoms with Gasteiger partial charge in [0, 0.05) is 0 Å². The average Bonchev–Trinajstić information content (AvgIpc) is 2.44. The molecule has 0 atom stereocenters. The van der Waals surface area contributed by atoms with E-state index in [1.807, 2.05) is 12.1 Å². The lowest BCUT2D eigenvalue weighted by atomic mass is 9.84. The molecule has 0 aliphatic rings. The molecule has 0 aliphatic heterocycles. The third-order valence-electron chi connectivity index (χ3n) is 3.24. The van der Waals surface area contributed by atoms with E-state index in [9.17, 15) is 0 Å². The molecule has 2 aromatic carbocycles. The molecule has 0 amide bonds. The van der Waals surface area contributed by atoms with Gasteiger partial charge in [0.25, 0.3) is 0 Å². The molecule has 0 nitrogen and oxygen atoms in total. The predicted octanol–water partition coefficient (Wildman–Crippen LogP) is 5.83. The summed E-state index contributed by atoms with van der Waals surface area (Å²) in [6.07, 6.45) is 6.67. The smallest absolute Gasteiger partial charge is 0.0132 e. The lowest BCUT2D eigenvalue weighted by Gasteiger charge is -2.20. The fraction of sp³-hybridized carbons (Fsp3) is 0.200. The van der Waals surface area contributed by atoms with Crippen molar-refractivity contribution in [2.24, 2.45) is 5.41 Å². The normalized spacial score (nSPS) is 12.8. The van der Waals surface area contributed by atoms with Gasteiger partial charge >= 0.3 is 0 Å². The molecule has 0 N–H and O–H groups in total. The van der Waals surface area contributed by atoms with E-state index in [-0.39, 0.29) is 5.41 Å². The molecule has 0 spiro atoms. The molecule has 0 saturated heterocycles. The van der Waals surface area contributed by atoms with E-state index in [1.165, 1.54) is 16.7 Å². The van der Waals surface area contributed by atoms with Crippen molar-refractivity contribution in [3.8, 4) is 0 Å². The van der Waals surface area contributed by atoms with Crippen LogP contribution in [0.25, 0.3) is 12.2 Å². The fourth-order valence-corrected chi connectivity index (χ4v) is 1.99. The number of hydrogen-bond donors (Lipinski definition) is 0. The molecule has 0 bridgehead atoms. The second-order valence-corrected chi connectivity index (χ2v) is 6.00. The van der Waals surface area contributed by atoms with Crippen LogP contribution in [-0.2, 0) is 0 Å². The van der Waals surface area contributed by atoms with E-state index < -0.39 is 0 Å². The van der Waals surface area contributed by atoms with Crippen LogP contribution in [0, 0.1) is 5.41 Å². The van der Waals surface area contributed by atoms with Crippen molar-refractivity contribution >= 4 is 12.2 Å². The number of hydrogen-bond acceptors (Lipinski definition) is 0. The summed E-state index contributed by atoms with van der Waals surface area (Å²) < 4.78 is 0. The standard InChI is InChI=1S/C20H22/c1-20(2,3)19(16-18-12-8-5-9-13-18)15-14-17-10-6-4-7-11-17/h4-16H,1-3H3. The lowest BCUT2D eigenvalue weighted by molar-refractivity contribution is 0.521. The highest BCUT2D eigenvalue weighted by Gasteiger charge is 2.14. The Morgan fingerprint density at radius 2 is 1.25 bits per heavy atom. The van der Waals surface area contributed by atoms with Gasteiger partial charge in [-0.15, -0.1) is 0 Å². The van der Waals surface area contributed by atoms with Crippen LogP contribution >= 0.6 is 0 Å². The summed E-state index contributed by atoms with van der Waals surface area (Å²) in [5, 5.41) is 0. The Balaban J connectivity index is 2.30. The van der Waals surface area contributed by atoms with Gasteiger partial charge in [0.05, 0.1) is 0 Å². The van der Waals surface area contributed by atoms with Crippen LogP contribution in [0.2, 0.25) is 0 Å². The summed E-state index contributed by atoms with van der Waals surface area (Å²) >= 11 is 0. The largest absolute Gasteiger partial charge is 0.0622 e.